The van der Waals surface area contributed by atoms with E-state index in [4.69, 9.17) is 4.74 Å². The van der Waals surface area contributed by atoms with E-state index in [9.17, 15) is 4.79 Å². The van der Waals surface area contributed by atoms with Crippen LogP contribution in [-0.4, -0.2) is 42.3 Å². The lowest BCUT2D eigenvalue weighted by molar-refractivity contribution is 0.0195. The van der Waals surface area contributed by atoms with Gasteiger partial charge < -0.3 is 15.0 Å². The number of benzene rings is 1. The number of ether oxygens (including phenoxy) is 1. The molecule has 1 fully saturated rings. The van der Waals surface area contributed by atoms with Crippen LogP contribution in [-0.2, 0) is 11.2 Å². The normalized spacial score (nSPS) is 18.8. The standard InChI is InChI=1S/C16H24N2O2.ClH/c1-16(2,3)20-15(19)18-10-9-17-14(12-18)11-13-7-5-4-6-8-13;/h4-8,14,17H,9-12H2,1-3H3;1H/t14-;/m0./s1. The van der Waals surface area contributed by atoms with Gasteiger partial charge in [-0.2, -0.15) is 0 Å². The molecule has 0 radical (unpaired) electrons. The van der Waals surface area contributed by atoms with Crippen LogP contribution in [0.5, 0.6) is 0 Å². The lowest BCUT2D eigenvalue weighted by Crippen LogP contribution is -2.54. The zero-order chi connectivity index (χ0) is 14.6. The number of halogens is 1. The number of piperazine rings is 1. The van der Waals surface area contributed by atoms with Crippen molar-refractivity contribution in [3.63, 3.8) is 0 Å². The summed E-state index contributed by atoms with van der Waals surface area (Å²) in [6, 6.07) is 10.6. The van der Waals surface area contributed by atoms with Gasteiger partial charge in [0.1, 0.15) is 5.60 Å². The fourth-order valence-electron chi connectivity index (χ4n) is 2.35. The molecule has 1 saturated heterocycles. The molecule has 0 unspecified atom stereocenters. The molecule has 0 spiro atoms. The molecule has 1 aromatic rings. The number of amides is 1. The van der Waals surface area contributed by atoms with Gasteiger partial charge in [-0.3, -0.25) is 0 Å². The summed E-state index contributed by atoms with van der Waals surface area (Å²) < 4.78 is 5.43. The van der Waals surface area contributed by atoms with Crippen molar-refractivity contribution in [2.24, 2.45) is 0 Å². The van der Waals surface area contributed by atoms with Crippen molar-refractivity contribution in [1.29, 1.82) is 0 Å². The predicted molar refractivity (Wildman–Crippen MR) is 87.0 cm³/mol. The van der Waals surface area contributed by atoms with Gasteiger partial charge in [0.05, 0.1) is 0 Å². The van der Waals surface area contributed by atoms with E-state index in [0.29, 0.717) is 19.1 Å². The van der Waals surface area contributed by atoms with Crippen LogP contribution in [0.15, 0.2) is 30.3 Å². The van der Waals surface area contributed by atoms with Crippen molar-refractivity contribution >= 4 is 18.5 Å². The van der Waals surface area contributed by atoms with Gasteiger partial charge in [-0.25, -0.2) is 4.79 Å². The number of nitrogens with one attached hydrogen (secondary N) is 1. The van der Waals surface area contributed by atoms with Crippen molar-refractivity contribution in [3.05, 3.63) is 35.9 Å². The van der Waals surface area contributed by atoms with Crippen molar-refractivity contribution in [2.45, 2.75) is 38.8 Å². The number of hydrogen-bond donors (Lipinski definition) is 1. The average molecular weight is 313 g/mol. The van der Waals surface area contributed by atoms with Crippen LogP contribution in [0.25, 0.3) is 0 Å². The van der Waals surface area contributed by atoms with Crippen LogP contribution < -0.4 is 5.32 Å². The van der Waals surface area contributed by atoms with Gasteiger partial charge in [0, 0.05) is 25.7 Å². The van der Waals surface area contributed by atoms with E-state index in [1.165, 1.54) is 5.56 Å². The highest BCUT2D eigenvalue weighted by Gasteiger charge is 2.27. The first-order valence-corrected chi connectivity index (χ1v) is 7.19. The molecule has 1 aliphatic rings. The van der Waals surface area contributed by atoms with Crippen LogP contribution in [0.4, 0.5) is 4.79 Å². The zero-order valence-electron chi connectivity index (χ0n) is 13.0. The molecular weight excluding hydrogens is 288 g/mol. The van der Waals surface area contributed by atoms with Gasteiger partial charge in [-0.1, -0.05) is 30.3 Å². The summed E-state index contributed by atoms with van der Waals surface area (Å²) >= 11 is 0. The van der Waals surface area contributed by atoms with E-state index in [1.54, 1.807) is 4.90 Å². The lowest BCUT2D eigenvalue weighted by atomic mass is 10.0. The smallest absolute Gasteiger partial charge is 0.410 e. The highest BCUT2D eigenvalue weighted by Crippen LogP contribution is 2.13. The summed E-state index contributed by atoms with van der Waals surface area (Å²) in [6.45, 7) is 7.92. The van der Waals surface area contributed by atoms with Gasteiger partial charge in [0.15, 0.2) is 0 Å². The summed E-state index contributed by atoms with van der Waals surface area (Å²) in [5.41, 5.74) is 0.854. The van der Waals surface area contributed by atoms with Crippen molar-refractivity contribution in [1.82, 2.24) is 10.2 Å². The van der Waals surface area contributed by atoms with Crippen LogP contribution in [0.3, 0.4) is 0 Å². The Bertz CT molecular complexity index is 445. The van der Waals surface area contributed by atoms with Crippen LogP contribution in [0.1, 0.15) is 26.3 Å². The van der Waals surface area contributed by atoms with Crippen molar-refractivity contribution in [2.75, 3.05) is 19.6 Å². The van der Waals surface area contributed by atoms with E-state index >= 15 is 0 Å². The fourth-order valence-corrected chi connectivity index (χ4v) is 2.35. The number of hydrogen-bond acceptors (Lipinski definition) is 3. The molecule has 1 N–H and O–H groups in total. The monoisotopic (exact) mass is 312 g/mol. The van der Waals surface area contributed by atoms with Crippen LogP contribution in [0.2, 0.25) is 0 Å². The van der Waals surface area contributed by atoms with Crippen LogP contribution >= 0.6 is 12.4 Å². The van der Waals surface area contributed by atoms with E-state index < -0.39 is 5.60 Å². The summed E-state index contributed by atoms with van der Waals surface area (Å²) in [4.78, 5) is 13.9. The Morgan fingerprint density at radius 1 is 1.33 bits per heavy atom. The Labute approximate surface area is 133 Å². The highest BCUT2D eigenvalue weighted by atomic mass is 35.5. The minimum atomic E-state index is -0.434. The Kier molecular flexibility index (Phi) is 6.49. The fraction of sp³-hybridized carbons (Fsp3) is 0.562. The summed E-state index contributed by atoms with van der Waals surface area (Å²) in [5.74, 6) is 0. The number of carbonyl (C=O) groups is 1. The third-order valence-electron chi connectivity index (χ3n) is 3.23. The maximum absolute atomic E-state index is 12.1. The molecule has 4 nitrogen and oxygen atoms in total. The minimum Gasteiger partial charge on any atom is -0.444 e. The highest BCUT2D eigenvalue weighted by molar-refractivity contribution is 5.85. The lowest BCUT2D eigenvalue weighted by Gasteiger charge is -2.35. The number of nitrogens with zero attached hydrogens (tertiary/aromatic N) is 1. The molecule has 118 valence electrons. The van der Waals surface area contributed by atoms with Gasteiger partial charge in [0.25, 0.3) is 0 Å². The topological polar surface area (TPSA) is 41.6 Å². The quantitative estimate of drug-likeness (QED) is 0.913. The first-order valence-electron chi connectivity index (χ1n) is 7.19. The summed E-state index contributed by atoms with van der Waals surface area (Å²) in [7, 11) is 0. The number of rotatable bonds is 2. The van der Waals surface area contributed by atoms with E-state index in [0.717, 1.165) is 13.0 Å². The van der Waals surface area contributed by atoms with E-state index in [1.807, 2.05) is 39.0 Å². The van der Waals surface area contributed by atoms with Crippen molar-refractivity contribution in [3.8, 4) is 0 Å². The van der Waals surface area contributed by atoms with Gasteiger partial charge in [-0.15, -0.1) is 12.4 Å². The van der Waals surface area contributed by atoms with Gasteiger partial charge >= 0.3 is 6.09 Å². The molecule has 1 aliphatic heterocycles. The predicted octanol–water partition coefficient (Wildman–Crippen LogP) is 2.86. The second kappa shape index (κ2) is 7.66. The maximum Gasteiger partial charge on any atom is 0.410 e. The van der Waals surface area contributed by atoms with Crippen molar-refractivity contribution < 1.29 is 9.53 Å². The first kappa shape index (κ1) is 17.8. The van der Waals surface area contributed by atoms with E-state index in [-0.39, 0.29) is 18.5 Å². The Balaban J connectivity index is 0.00000220. The molecule has 0 bridgehead atoms. The Morgan fingerprint density at radius 2 is 2.00 bits per heavy atom. The third-order valence-corrected chi connectivity index (χ3v) is 3.23. The molecular formula is C16H25ClN2O2. The second-order valence-corrected chi connectivity index (χ2v) is 6.27. The van der Waals surface area contributed by atoms with Crippen LogP contribution in [0, 0.1) is 0 Å². The molecule has 1 amide bonds. The van der Waals surface area contributed by atoms with Gasteiger partial charge in [0.2, 0.25) is 0 Å². The molecule has 1 aromatic carbocycles. The average Bonchev–Trinajstić information content (AvgIpc) is 2.38. The molecule has 2 rings (SSSR count). The molecule has 0 aromatic heterocycles. The molecule has 0 aliphatic carbocycles. The molecule has 1 atom stereocenters. The maximum atomic E-state index is 12.1. The Hall–Kier alpha value is -1.26. The molecule has 5 heteroatoms. The second-order valence-electron chi connectivity index (χ2n) is 6.27. The number of carbonyl (C=O) groups excluding carboxylic acids is 1. The van der Waals surface area contributed by atoms with Gasteiger partial charge in [-0.05, 0) is 32.8 Å². The summed E-state index contributed by atoms with van der Waals surface area (Å²) in [5, 5.41) is 3.47. The third kappa shape index (κ3) is 5.94. The Morgan fingerprint density at radius 3 is 2.62 bits per heavy atom. The molecule has 0 saturated carbocycles. The summed E-state index contributed by atoms with van der Waals surface area (Å²) in [6.07, 6.45) is 0.720. The minimum absolute atomic E-state index is 0. The largest absolute Gasteiger partial charge is 0.444 e. The van der Waals surface area contributed by atoms with E-state index in [2.05, 4.69) is 17.4 Å². The molecule has 1 heterocycles. The molecule has 21 heavy (non-hydrogen) atoms. The SMILES string of the molecule is CC(C)(C)OC(=O)N1CCN[C@@H](Cc2ccccc2)C1.Cl. The first-order chi connectivity index (χ1) is 9.44. The zero-order valence-corrected chi connectivity index (χ0v) is 13.8.